The van der Waals surface area contributed by atoms with Crippen LogP contribution in [0.5, 0.6) is 0 Å². The van der Waals surface area contributed by atoms with E-state index in [9.17, 15) is 0 Å². The largest absolute Gasteiger partial charge is 0.252 e. The van der Waals surface area contributed by atoms with Gasteiger partial charge in [0.25, 0.3) is 0 Å². The number of nitrogens with zero attached hydrogens (tertiary/aromatic N) is 2. The minimum Gasteiger partial charge on any atom is -0.252 e. The normalized spacial score (nSPS) is 11.2. The highest BCUT2D eigenvalue weighted by Gasteiger charge is 1.95. The Hall–Kier alpha value is -2.48. The number of allylic oxidation sites excluding steroid dienone is 1. The Morgan fingerprint density at radius 3 is 2.45 bits per heavy atom. The maximum atomic E-state index is 4.57. The van der Waals surface area contributed by atoms with Crippen LogP contribution < -0.4 is 0 Å². The topological polar surface area (TPSA) is 25.8 Å². The molecule has 2 heteroatoms. The van der Waals surface area contributed by atoms with Crippen molar-refractivity contribution in [2.75, 3.05) is 0 Å². The summed E-state index contributed by atoms with van der Waals surface area (Å²) < 4.78 is 0. The zero-order valence-electron chi connectivity index (χ0n) is 11.2. The smallest absolute Gasteiger partial charge is 0.0894 e. The van der Waals surface area contributed by atoms with Crippen molar-refractivity contribution in [1.82, 2.24) is 9.97 Å². The molecule has 0 aliphatic rings. The van der Waals surface area contributed by atoms with Crippen LogP contribution in [-0.2, 0) is 6.42 Å². The van der Waals surface area contributed by atoms with Crippen molar-refractivity contribution in [2.24, 2.45) is 0 Å². The summed E-state index contributed by atoms with van der Waals surface area (Å²) in [6.45, 7) is 0. The van der Waals surface area contributed by atoms with Gasteiger partial charge in [-0.05, 0) is 36.6 Å². The molecule has 98 valence electrons. The number of aryl methyl sites for hydroxylation is 1. The molecular weight excluding hydrogens is 244 g/mol. The van der Waals surface area contributed by atoms with Crippen molar-refractivity contribution in [2.45, 2.75) is 12.8 Å². The van der Waals surface area contributed by atoms with Crippen LogP contribution in [0.4, 0.5) is 0 Å². The number of hydrogen-bond donors (Lipinski definition) is 0. The van der Waals surface area contributed by atoms with E-state index in [1.807, 2.05) is 42.6 Å². The Morgan fingerprint density at radius 2 is 1.60 bits per heavy atom. The highest BCUT2D eigenvalue weighted by atomic mass is 14.8. The van der Waals surface area contributed by atoms with E-state index in [0.717, 1.165) is 29.6 Å². The molecule has 2 aromatic carbocycles. The van der Waals surface area contributed by atoms with Gasteiger partial charge in [0, 0.05) is 0 Å². The molecule has 0 amide bonds. The average molecular weight is 260 g/mol. The number of hydrogen-bond acceptors (Lipinski definition) is 2. The molecule has 2 nitrogen and oxygen atoms in total. The van der Waals surface area contributed by atoms with Crippen molar-refractivity contribution < 1.29 is 0 Å². The average Bonchev–Trinajstić information content (AvgIpc) is 2.52. The highest BCUT2D eigenvalue weighted by molar-refractivity contribution is 5.74. The van der Waals surface area contributed by atoms with E-state index in [1.165, 1.54) is 5.56 Å². The second kappa shape index (κ2) is 6.11. The lowest BCUT2D eigenvalue weighted by atomic mass is 10.1. The maximum Gasteiger partial charge on any atom is 0.0894 e. The van der Waals surface area contributed by atoms with Crippen LogP contribution in [0.1, 0.15) is 17.7 Å². The van der Waals surface area contributed by atoms with Crippen LogP contribution in [0.3, 0.4) is 0 Å². The second-order valence-electron chi connectivity index (χ2n) is 4.71. The van der Waals surface area contributed by atoms with E-state index >= 15 is 0 Å². The number of aromatic nitrogens is 2. The zero-order chi connectivity index (χ0) is 13.6. The quantitative estimate of drug-likeness (QED) is 0.700. The third-order valence-electron chi connectivity index (χ3n) is 3.20. The second-order valence-corrected chi connectivity index (χ2v) is 4.71. The van der Waals surface area contributed by atoms with Gasteiger partial charge in [0.1, 0.15) is 0 Å². The molecule has 0 aliphatic heterocycles. The van der Waals surface area contributed by atoms with Gasteiger partial charge in [-0.25, -0.2) is 4.98 Å². The summed E-state index contributed by atoms with van der Waals surface area (Å²) in [7, 11) is 0. The number of fused-ring (bicyclic) bond motifs is 1. The minimum atomic E-state index is 0.914. The third kappa shape index (κ3) is 3.09. The summed E-state index contributed by atoms with van der Waals surface area (Å²) in [6.07, 6.45) is 8.09. The van der Waals surface area contributed by atoms with Crippen LogP contribution in [-0.4, -0.2) is 9.97 Å². The van der Waals surface area contributed by atoms with Gasteiger partial charge >= 0.3 is 0 Å². The Balaban J connectivity index is 1.65. The van der Waals surface area contributed by atoms with Gasteiger partial charge in [0.15, 0.2) is 0 Å². The molecule has 0 fully saturated rings. The van der Waals surface area contributed by atoms with E-state index in [0.29, 0.717) is 0 Å². The summed E-state index contributed by atoms with van der Waals surface area (Å²) in [6, 6.07) is 18.4. The molecule has 0 spiro atoms. The molecule has 0 radical (unpaired) electrons. The molecule has 0 atom stereocenters. The molecule has 1 aromatic heterocycles. The number of benzene rings is 2. The van der Waals surface area contributed by atoms with Crippen LogP contribution in [0, 0.1) is 0 Å². The fourth-order valence-corrected chi connectivity index (χ4v) is 2.15. The standard InChI is InChI=1S/C18H16N2/c1-2-8-15(9-3-1)10-4-5-11-16-14-19-17-12-6-7-13-18(17)20-16/h1-3,5-9,11-14H,4,10H2/b11-5+. The van der Waals surface area contributed by atoms with Gasteiger partial charge in [-0.3, -0.25) is 4.98 Å². The van der Waals surface area contributed by atoms with E-state index in [-0.39, 0.29) is 0 Å². The molecular formula is C18H16N2. The molecule has 3 rings (SSSR count). The van der Waals surface area contributed by atoms with Gasteiger partial charge < -0.3 is 0 Å². The molecule has 20 heavy (non-hydrogen) atoms. The van der Waals surface area contributed by atoms with Crippen molar-refractivity contribution in [3.8, 4) is 0 Å². The Labute approximate surface area is 118 Å². The fraction of sp³-hybridized carbons (Fsp3) is 0.111. The first-order valence-electron chi connectivity index (χ1n) is 6.84. The van der Waals surface area contributed by atoms with Crippen LogP contribution in [0.2, 0.25) is 0 Å². The first-order chi connectivity index (χ1) is 9.92. The fourth-order valence-electron chi connectivity index (χ4n) is 2.15. The molecule has 0 saturated heterocycles. The van der Waals surface area contributed by atoms with Gasteiger partial charge in [-0.15, -0.1) is 0 Å². The Kier molecular flexibility index (Phi) is 3.83. The Morgan fingerprint density at radius 1 is 0.850 bits per heavy atom. The lowest BCUT2D eigenvalue weighted by Gasteiger charge is -1.98. The molecule has 0 aliphatic carbocycles. The molecule has 0 bridgehead atoms. The van der Waals surface area contributed by atoms with Crippen LogP contribution in [0.25, 0.3) is 17.1 Å². The first kappa shape index (κ1) is 12.5. The molecule has 3 aromatic rings. The first-order valence-corrected chi connectivity index (χ1v) is 6.84. The van der Waals surface area contributed by atoms with Gasteiger partial charge in [-0.2, -0.15) is 0 Å². The maximum absolute atomic E-state index is 4.57. The summed E-state index contributed by atoms with van der Waals surface area (Å²) in [5.41, 5.74) is 4.16. The SMILES string of the molecule is C(=C\c1cnc2ccccc2n1)/CCc1ccccc1. The lowest BCUT2D eigenvalue weighted by molar-refractivity contribution is 1.00. The lowest BCUT2D eigenvalue weighted by Crippen LogP contribution is -1.87. The van der Waals surface area contributed by atoms with Crippen LogP contribution >= 0.6 is 0 Å². The van der Waals surface area contributed by atoms with Crippen molar-refractivity contribution in [1.29, 1.82) is 0 Å². The van der Waals surface area contributed by atoms with Gasteiger partial charge in [0.05, 0.1) is 22.9 Å². The predicted molar refractivity (Wildman–Crippen MR) is 83.3 cm³/mol. The van der Waals surface area contributed by atoms with E-state index < -0.39 is 0 Å². The molecule has 1 heterocycles. The van der Waals surface area contributed by atoms with Crippen molar-refractivity contribution >= 4 is 17.1 Å². The van der Waals surface area contributed by atoms with Crippen LogP contribution in [0.15, 0.2) is 66.9 Å². The van der Waals surface area contributed by atoms with E-state index in [4.69, 9.17) is 0 Å². The monoisotopic (exact) mass is 260 g/mol. The Bertz CT molecular complexity index is 718. The molecule has 0 N–H and O–H groups in total. The van der Waals surface area contributed by atoms with E-state index in [1.54, 1.807) is 0 Å². The summed E-state index contributed by atoms with van der Waals surface area (Å²) >= 11 is 0. The van der Waals surface area contributed by atoms with Crippen molar-refractivity contribution in [3.05, 3.63) is 78.1 Å². The third-order valence-corrected chi connectivity index (χ3v) is 3.20. The number of rotatable bonds is 4. The number of para-hydroxylation sites is 2. The molecule has 0 saturated carbocycles. The summed E-state index contributed by atoms with van der Waals surface area (Å²) in [5, 5.41) is 0. The van der Waals surface area contributed by atoms with Gasteiger partial charge in [-0.1, -0.05) is 48.5 Å². The predicted octanol–water partition coefficient (Wildman–Crippen LogP) is 4.28. The minimum absolute atomic E-state index is 0.914. The summed E-state index contributed by atoms with van der Waals surface area (Å²) in [5.74, 6) is 0. The highest BCUT2D eigenvalue weighted by Crippen LogP contribution is 2.10. The molecule has 0 unspecified atom stereocenters. The van der Waals surface area contributed by atoms with Gasteiger partial charge in [0.2, 0.25) is 0 Å². The van der Waals surface area contributed by atoms with E-state index in [2.05, 4.69) is 40.3 Å². The summed E-state index contributed by atoms with van der Waals surface area (Å²) in [4.78, 5) is 8.97. The zero-order valence-corrected chi connectivity index (χ0v) is 11.2. The van der Waals surface area contributed by atoms with Crippen molar-refractivity contribution in [3.63, 3.8) is 0 Å².